The fourth-order valence-electron chi connectivity index (χ4n) is 11.0. The molecule has 5 aromatic carbocycles. The molecule has 0 amide bonds. The van der Waals surface area contributed by atoms with Crippen LogP contribution < -0.4 is 15.8 Å². The Bertz CT molecular complexity index is 2320. The first-order valence-corrected chi connectivity index (χ1v) is 16.6. The van der Waals surface area contributed by atoms with Crippen LogP contribution in [0.25, 0.3) is 43.9 Å². The summed E-state index contributed by atoms with van der Waals surface area (Å²) in [6.07, 6.45) is 5.08. The molecule has 3 heteroatoms. The third-order valence-electron chi connectivity index (χ3n) is 13.0. The van der Waals surface area contributed by atoms with Crippen molar-refractivity contribution in [3.63, 3.8) is 0 Å². The predicted octanol–water partition coefficient (Wildman–Crippen LogP) is 8.79. The summed E-state index contributed by atoms with van der Waals surface area (Å²) in [5.41, 5.74) is 17.6. The molecular formula is C41H35BN2. The molecule has 2 nitrogen and oxygen atoms in total. The van der Waals surface area contributed by atoms with E-state index in [1.54, 1.807) is 5.56 Å². The van der Waals surface area contributed by atoms with Crippen molar-refractivity contribution in [3.8, 4) is 22.3 Å². The first-order valence-electron chi connectivity index (χ1n) is 16.6. The van der Waals surface area contributed by atoms with Crippen LogP contribution in [0.2, 0.25) is 0 Å². The number of nitrogens with zero attached hydrogens (tertiary/aromatic N) is 2. The van der Waals surface area contributed by atoms with E-state index in [9.17, 15) is 0 Å². The molecule has 212 valence electrons. The van der Waals surface area contributed by atoms with Crippen LogP contribution in [0.4, 0.5) is 11.4 Å². The molecule has 0 saturated heterocycles. The maximum atomic E-state index is 2.88. The van der Waals surface area contributed by atoms with Gasteiger partial charge in [-0.1, -0.05) is 119 Å². The Morgan fingerprint density at radius 3 is 2.30 bits per heavy atom. The topological polar surface area (TPSA) is 8.17 Å². The summed E-state index contributed by atoms with van der Waals surface area (Å²) in [6, 6.07) is 35.3. The van der Waals surface area contributed by atoms with Crippen LogP contribution in [0, 0.1) is 0 Å². The Morgan fingerprint density at radius 2 is 1.39 bits per heavy atom. The summed E-state index contributed by atoms with van der Waals surface area (Å²) >= 11 is 0. The van der Waals surface area contributed by atoms with E-state index in [0.29, 0.717) is 0 Å². The molecule has 3 aliphatic heterocycles. The fraction of sp³-hybridized carbons (Fsp3) is 0.268. The normalized spacial score (nSPS) is 24.3. The predicted molar refractivity (Wildman–Crippen MR) is 186 cm³/mol. The van der Waals surface area contributed by atoms with Crippen molar-refractivity contribution in [2.24, 2.45) is 0 Å². The van der Waals surface area contributed by atoms with Crippen molar-refractivity contribution < 1.29 is 0 Å². The molecule has 5 aliphatic rings. The highest BCUT2D eigenvalue weighted by atomic mass is 15.3. The quantitative estimate of drug-likeness (QED) is 0.167. The third kappa shape index (κ3) is 2.34. The molecular weight excluding hydrogens is 531 g/mol. The first-order chi connectivity index (χ1) is 21.4. The van der Waals surface area contributed by atoms with Gasteiger partial charge in [-0.05, 0) is 64.4 Å². The van der Waals surface area contributed by atoms with Crippen molar-refractivity contribution in [3.05, 3.63) is 108 Å². The Balaban J connectivity index is 1.38. The molecule has 2 unspecified atom stereocenters. The number of benzene rings is 5. The zero-order valence-electron chi connectivity index (χ0n) is 26.0. The van der Waals surface area contributed by atoms with Gasteiger partial charge in [-0.25, -0.2) is 0 Å². The first kappa shape index (κ1) is 24.1. The lowest BCUT2D eigenvalue weighted by molar-refractivity contribution is 0.195. The van der Waals surface area contributed by atoms with Gasteiger partial charge in [0.2, 0.25) is 0 Å². The van der Waals surface area contributed by atoms with Gasteiger partial charge in [-0.15, -0.1) is 0 Å². The lowest BCUT2D eigenvalue weighted by Crippen LogP contribution is -2.62. The number of para-hydroxylation sites is 2. The van der Waals surface area contributed by atoms with Crippen LogP contribution in [0.1, 0.15) is 70.2 Å². The van der Waals surface area contributed by atoms with E-state index in [0.717, 1.165) is 0 Å². The van der Waals surface area contributed by atoms with E-state index >= 15 is 0 Å². The van der Waals surface area contributed by atoms with Gasteiger partial charge in [-0.3, -0.25) is 0 Å². The number of hydrogen-bond acceptors (Lipinski definition) is 1. The number of rotatable bonds is 0. The molecule has 1 saturated carbocycles. The van der Waals surface area contributed by atoms with E-state index in [4.69, 9.17) is 0 Å². The van der Waals surface area contributed by atoms with Crippen molar-refractivity contribution in [1.29, 1.82) is 0 Å². The molecule has 2 atom stereocenters. The second kappa shape index (κ2) is 7.34. The highest BCUT2D eigenvalue weighted by Crippen LogP contribution is 2.63. The van der Waals surface area contributed by atoms with Crippen molar-refractivity contribution in [2.75, 3.05) is 4.90 Å². The molecule has 2 aliphatic carbocycles. The van der Waals surface area contributed by atoms with E-state index < -0.39 is 0 Å². The minimum atomic E-state index is -0.0994. The number of fused-ring (bicyclic) bond motifs is 14. The van der Waals surface area contributed by atoms with Gasteiger partial charge in [0, 0.05) is 55.3 Å². The smallest absolute Gasteiger partial charge is 0.332 e. The summed E-state index contributed by atoms with van der Waals surface area (Å²) in [7, 11) is 0. The Hall–Kier alpha value is -4.24. The summed E-state index contributed by atoms with van der Waals surface area (Å²) in [5.74, 6) is 0. The van der Waals surface area contributed by atoms with E-state index in [1.165, 1.54) is 103 Å². The van der Waals surface area contributed by atoms with Crippen molar-refractivity contribution >= 4 is 50.8 Å². The second-order valence-electron chi connectivity index (χ2n) is 15.2. The van der Waals surface area contributed by atoms with Crippen molar-refractivity contribution in [1.82, 2.24) is 4.48 Å². The van der Waals surface area contributed by atoms with Crippen LogP contribution >= 0.6 is 0 Å². The largest absolute Gasteiger partial charge is 0.378 e. The maximum absolute atomic E-state index is 2.88. The van der Waals surface area contributed by atoms with E-state index in [-0.39, 0.29) is 23.2 Å². The molecule has 1 aromatic heterocycles. The lowest BCUT2D eigenvalue weighted by atomic mass is 9.44. The molecule has 44 heavy (non-hydrogen) atoms. The molecule has 11 rings (SSSR count). The van der Waals surface area contributed by atoms with Crippen LogP contribution in [0.5, 0.6) is 0 Å². The monoisotopic (exact) mass is 566 g/mol. The van der Waals surface area contributed by atoms with Crippen LogP contribution in [0.3, 0.4) is 0 Å². The SMILES string of the molecule is CC1(C)c2ccccc2-c2c1n1c3c(cccc23)-c2cc3ccccc3c3c2B1c1cccc2c1N3C1(C)CCCCC21C. The summed E-state index contributed by atoms with van der Waals surface area (Å²) in [6.45, 7) is 10.2. The van der Waals surface area contributed by atoms with Gasteiger partial charge < -0.3 is 9.38 Å². The van der Waals surface area contributed by atoms with E-state index in [1.807, 2.05) is 0 Å². The highest BCUT2D eigenvalue weighted by Gasteiger charge is 2.62. The van der Waals surface area contributed by atoms with Crippen LogP contribution in [-0.2, 0) is 10.8 Å². The molecule has 0 spiro atoms. The number of aromatic nitrogens is 1. The minimum Gasteiger partial charge on any atom is -0.378 e. The second-order valence-corrected chi connectivity index (χ2v) is 15.2. The van der Waals surface area contributed by atoms with Gasteiger partial charge in [-0.2, -0.15) is 0 Å². The average Bonchev–Trinajstić information content (AvgIpc) is 3.59. The van der Waals surface area contributed by atoms with Crippen molar-refractivity contribution in [2.45, 2.75) is 69.7 Å². The van der Waals surface area contributed by atoms with Gasteiger partial charge >= 0.3 is 6.85 Å². The molecule has 1 fully saturated rings. The molecule has 6 aromatic rings. The maximum Gasteiger partial charge on any atom is 0.332 e. The zero-order chi connectivity index (χ0) is 29.3. The molecule has 0 N–H and O–H groups in total. The van der Waals surface area contributed by atoms with Gasteiger partial charge in [0.15, 0.2) is 0 Å². The van der Waals surface area contributed by atoms with Crippen LogP contribution in [-0.4, -0.2) is 16.9 Å². The highest BCUT2D eigenvalue weighted by molar-refractivity contribution is 6.90. The Kier molecular flexibility index (Phi) is 4.03. The fourth-order valence-corrected chi connectivity index (χ4v) is 11.0. The zero-order valence-corrected chi connectivity index (χ0v) is 26.0. The van der Waals surface area contributed by atoms with E-state index in [2.05, 4.69) is 128 Å². The minimum absolute atomic E-state index is 0.0347. The standard InChI is InChI=1S/C41H35BN2/c1-39(2)30-18-8-7-15-27(30)33-28-17-11-16-26-29-23-24-13-5-6-14-25(24)36-34(29)42(44(35(26)28)38(33)39)32-20-12-19-31-37(32)43(36)41(4)22-10-9-21-40(31,41)3/h5-8,11-20,23H,9-10,21-22H2,1-4H3. The average molecular weight is 567 g/mol. The summed E-state index contributed by atoms with van der Waals surface area (Å²) in [4.78, 5) is 2.88. The van der Waals surface area contributed by atoms with Gasteiger partial charge in [0.25, 0.3) is 0 Å². The molecule has 0 bridgehead atoms. The summed E-state index contributed by atoms with van der Waals surface area (Å²) < 4.78 is 2.82. The molecule has 0 radical (unpaired) electrons. The Morgan fingerprint density at radius 1 is 0.659 bits per heavy atom. The number of hydrogen-bond donors (Lipinski definition) is 0. The van der Waals surface area contributed by atoms with Crippen LogP contribution in [0.15, 0.2) is 91.0 Å². The summed E-state index contributed by atoms with van der Waals surface area (Å²) in [5, 5.41) is 4.15. The van der Waals surface area contributed by atoms with Gasteiger partial charge in [0.05, 0.1) is 5.54 Å². The van der Waals surface area contributed by atoms with Gasteiger partial charge in [0.1, 0.15) is 0 Å². The molecule has 4 heterocycles. The Labute approximate surface area is 259 Å². The lowest BCUT2D eigenvalue weighted by Gasteiger charge is -2.52. The third-order valence-corrected chi connectivity index (χ3v) is 13.0. The number of anilines is 2.